The van der Waals surface area contributed by atoms with Crippen molar-refractivity contribution in [3.05, 3.63) is 95.1 Å². The van der Waals surface area contributed by atoms with E-state index in [1.807, 2.05) is 78.6 Å². The van der Waals surface area contributed by atoms with E-state index in [0.29, 0.717) is 17.2 Å². The monoisotopic (exact) mass is 430 g/mol. The molecule has 0 aliphatic carbocycles. The second kappa shape index (κ2) is 8.98. The van der Waals surface area contributed by atoms with Crippen molar-refractivity contribution in [1.29, 1.82) is 0 Å². The largest absolute Gasteiger partial charge is 0.322 e. The molecule has 0 bridgehead atoms. The molecule has 5 heteroatoms. The average molecular weight is 431 g/mol. The SMILES string of the molecule is Cc1ccccc1C(=O)Nc1ccc([C@@H]2SCC(=O)N2c2ccccc2C(C)C)cc1. The van der Waals surface area contributed by atoms with Crippen LogP contribution in [0.2, 0.25) is 0 Å². The van der Waals surface area contributed by atoms with Crippen molar-refractivity contribution in [2.24, 2.45) is 0 Å². The highest BCUT2D eigenvalue weighted by Crippen LogP contribution is 2.44. The lowest BCUT2D eigenvalue weighted by Gasteiger charge is -2.27. The number of hydrogen-bond acceptors (Lipinski definition) is 3. The van der Waals surface area contributed by atoms with E-state index >= 15 is 0 Å². The number of hydrogen-bond donors (Lipinski definition) is 1. The van der Waals surface area contributed by atoms with Gasteiger partial charge in [-0.1, -0.05) is 62.4 Å². The molecule has 1 atom stereocenters. The van der Waals surface area contributed by atoms with Crippen molar-refractivity contribution in [1.82, 2.24) is 0 Å². The van der Waals surface area contributed by atoms with Crippen molar-refractivity contribution < 1.29 is 9.59 Å². The Balaban J connectivity index is 1.57. The lowest BCUT2D eigenvalue weighted by atomic mass is 10.00. The van der Waals surface area contributed by atoms with Gasteiger partial charge in [0, 0.05) is 16.9 Å². The molecule has 2 amide bonds. The fourth-order valence-electron chi connectivity index (χ4n) is 3.88. The number of aryl methyl sites for hydroxylation is 1. The molecule has 0 radical (unpaired) electrons. The second-order valence-electron chi connectivity index (χ2n) is 8.03. The van der Waals surface area contributed by atoms with Gasteiger partial charge >= 0.3 is 0 Å². The van der Waals surface area contributed by atoms with Gasteiger partial charge in [0.2, 0.25) is 5.91 Å². The highest BCUT2D eigenvalue weighted by molar-refractivity contribution is 8.00. The Kier molecular flexibility index (Phi) is 6.14. The van der Waals surface area contributed by atoms with Crippen LogP contribution in [0.5, 0.6) is 0 Å². The third kappa shape index (κ3) is 4.37. The number of carbonyl (C=O) groups is 2. The highest BCUT2D eigenvalue weighted by atomic mass is 32.2. The number of carbonyl (C=O) groups excluding carboxylic acids is 2. The van der Waals surface area contributed by atoms with E-state index in [-0.39, 0.29) is 17.2 Å². The number of nitrogens with one attached hydrogen (secondary N) is 1. The maximum atomic E-state index is 12.8. The Morgan fingerprint density at radius 3 is 2.39 bits per heavy atom. The van der Waals surface area contributed by atoms with E-state index in [1.165, 1.54) is 5.56 Å². The summed E-state index contributed by atoms with van der Waals surface area (Å²) in [6.45, 7) is 6.22. The number of nitrogens with zero attached hydrogens (tertiary/aromatic N) is 1. The first kappa shape index (κ1) is 21.2. The van der Waals surface area contributed by atoms with Gasteiger partial charge in [0.1, 0.15) is 5.37 Å². The van der Waals surface area contributed by atoms with Crippen LogP contribution < -0.4 is 10.2 Å². The van der Waals surface area contributed by atoms with Crippen LogP contribution in [0.3, 0.4) is 0 Å². The van der Waals surface area contributed by atoms with Gasteiger partial charge < -0.3 is 5.32 Å². The van der Waals surface area contributed by atoms with Gasteiger partial charge in [0.15, 0.2) is 0 Å². The smallest absolute Gasteiger partial charge is 0.255 e. The number of rotatable bonds is 5. The maximum Gasteiger partial charge on any atom is 0.255 e. The van der Waals surface area contributed by atoms with E-state index in [0.717, 1.165) is 22.5 Å². The molecule has 1 aliphatic heterocycles. The number of benzene rings is 3. The quantitative estimate of drug-likeness (QED) is 0.528. The standard InChI is InChI=1S/C26H26N2O2S/c1-17(2)21-9-6-7-11-23(21)28-24(29)16-31-26(28)19-12-14-20(15-13-19)27-25(30)22-10-5-4-8-18(22)3/h4-15,17,26H,16H2,1-3H3,(H,27,30)/t26-/m0/s1. The van der Waals surface area contributed by atoms with Crippen LogP contribution in [-0.4, -0.2) is 17.6 Å². The minimum atomic E-state index is -0.122. The average Bonchev–Trinajstić information content (AvgIpc) is 3.15. The van der Waals surface area contributed by atoms with Crippen LogP contribution in [0.1, 0.15) is 52.2 Å². The van der Waals surface area contributed by atoms with Crippen molar-refractivity contribution in [3.63, 3.8) is 0 Å². The van der Waals surface area contributed by atoms with E-state index < -0.39 is 0 Å². The summed E-state index contributed by atoms with van der Waals surface area (Å²) in [4.78, 5) is 27.3. The Labute approximate surface area is 187 Å². The zero-order valence-corrected chi connectivity index (χ0v) is 18.8. The first-order valence-electron chi connectivity index (χ1n) is 10.4. The molecule has 4 rings (SSSR count). The van der Waals surface area contributed by atoms with Crippen LogP contribution in [0.4, 0.5) is 11.4 Å². The zero-order valence-electron chi connectivity index (χ0n) is 18.0. The molecule has 0 saturated carbocycles. The van der Waals surface area contributed by atoms with Crippen LogP contribution in [0.25, 0.3) is 0 Å². The number of anilines is 2. The third-order valence-electron chi connectivity index (χ3n) is 5.53. The summed E-state index contributed by atoms with van der Waals surface area (Å²) in [6.07, 6.45) is 0. The predicted molar refractivity (Wildman–Crippen MR) is 129 cm³/mol. The Morgan fingerprint density at radius 1 is 1.00 bits per heavy atom. The first-order valence-corrected chi connectivity index (χ1v) is 11.5. The number of thioether (sulfide) groups is 1. The van der Waals surface area contributed by atoms with Gasteiger partial charge in [-0.3, -0.25) is 14.5 Å². The van der Waals surface area contributed by atoms with E-state index in [1.54, 1.807) is 11.8 Å². The molecule has 1 N–H and O–H groups in total. The van der Waals surface area contributed by atoms with E-state index in [4.69, 9.17) is 0 Å². The van der Waals surface area contributed by atoms with Crippen molar-refractivity contribution >= 4 is 35.0 Å². The Hall–Kier alpha value is -3.05. The fraction of sp³-hybridized carbons (Fsp3) is 0.231. The summed E-state index contributed by atoms with van der Waals surface area (Å²) in [7, 11) is 0. The third-order valence-corrected chi connectivity index (χ3v) is 6.74. The highest BCUT2D eigenvalue weighted by Gasteiger charge is 2.35. The molecule has 0 unspecified atom stereocenters. The van der Waals surface area contributed by atoms with Crippen molar-refractivity contribution in [2.75, 3.05) is 16.0 Å². The molecule has 1 heterocycles. The molecular weight excluding hydrogens is 404 g/mol. The molecule has 1 aliphatic rings. The van der Waals surface area contributed by atoms with Crippen LogP contribution in [0.15, 0.2) is 72.8 Å². The lowest BCUT2D eigenvalue weighted by molar-refractivity contribution is -0.115. The minimum absolute atomic E-state index is 0.0754. The van der Waals surface area contributed by atoms with Crippen molar-refractivity contribution in [3.8, 4) is 0 Å². The maximum absolute atomic E-state index is 12.8. The summed E-state index contributed by atoms with van der Waals surface area (Å²) in [5.41, 5.74) is 5.54. The van der Waals surface area contributed by atoms with Gasteiger partial charge in [0.25, 0.3) is 5.91 Å². The molecule has 1 saturated heterocycles. The van der Waals surface area contributed by atoms with Gasteiger partial charge in [-0.2, -0.15) is 0 Å². The van der Waals surface area contributed by atoms with E-state index in [2.05, 4.69) is 25.2 Å². The van der Waals surface area contributed by atoms with E-state index in [9.17, 15) is 9.59 Å². The summed E-state index contributed by atoms with van der Waals surface area (Å²) in [5, 5.41) is 2.89. The second-order valence-corrected chi connectivity index (χ2v) is 9.10. The Bertz CT molecular complexity index is 1110. The molecule has 158 valence electrons. The zero-order chi connectivity index (χ0) is 22.0. The topological polar surface area (TPSA) is 49.4 Å². The summed E-state index contributed by atoms with van der Waals surface area (Å²) >= 11 is 1.63. The first-order chi connectivity index (χ1) is 15.0. The molecule has 3 aromatic rings. The normalized spacial score (nSPS) is 16.1. The summed E-state index contributed by atoms with van der Waals surface area (Å²) < 4.78 is 0. The molecular formula is C26H26N2O2S. The molecule has 1 fully saturated rings. The minimum Gasteiger partial charge on any atom is -0.322 e. The van der Waals surface area contributed by atoms with Gasteiger partial charge in [-0.25, -0.2) is 0 Å². The Morgan fingerprint density at radius 2 is 1.68 bits per heavy atom. The summed E-state index contributed by atoms with van der Waals surface area (Å²) in [5.74, 6) is 0.793. The van der Waals surface area contributed by atoms with Crippen LogP contribution in [0, 0.1) is 6.92 Å². The van der Waals surface area contributed by atoms with Gasteiger partial charge in [-0.05, 0) is 53.8 Å². The van der Waals surface area contributed by atoms with Crippen molar-refractivity contribution in [2.45, 2.75) is 32.1 Å². The van der Waals surface area contributed by atoms with Crippen LogP contribution >= 0.6 is 11.8 Å². The molecule has 31 heavy (non-hydrogen) atoms. The van der Waals surface area contributed by atoms with Crippen LogP contribution in [-0.2, 0) is 4.79 Å². The predicted octanol–water partition coefficient (Wildman–Crippen LogP) is 6.15. The fourth-order valence-corrected chi connectivity index (χ4v) is 5.05. The van der Waals surface area contributed by atoms with Gasteiger partial charge in [-0.15, -0.1) is 11.8 Å². The molecule has 0 spiro atoms. The van der Waals surface area contributed by atoms with Gasteiger partial charge in [0.05, 0.1) is 5.75 Å². The number of amides is 2. The molecule has 4 nitrogen and oxygen atoms in total. The number of para-hydroxylation sites is 1. The molecule has 3 aromatic carbocycles. The summed E-state index contributed by atoms with van der Waals surface area (Å²) in [6, 6.07) is 23.5. The lowest BCUT2D eigenvalue weighted by Crippen LogP contribution is -2.29. The molecule has 0 aromatic heterocycles.